The highest BCUT2D eigenvalue weighted by Crippen LogP contribution is 2.03. The van der Waals surface area contributed by atoms with Crippen LogP contribution < -0.4 is 0 Å². The molecule has 1 rings (SSSR count). The highest BCUT2D eigenvalue weighted by atomic mass is 19.1. The summed E-state index contributed by atoms with van der Waals surface area (Å²) in [6.07, 6.45) is 2.49. The van der Waals surface area contributed by atoms with Crippen molar-refractivity contribution < 1.29 is 9.60 Å². The summed E-state index contributed by atoms with van der Waals surface area (Å²) in [5.41, 5.74) is 1.01. The van der Waals surface area contributed by atoms with Gasteiger partial charge in [-0.3, -0.25) is 0 Å². The van der Waals surface area contributed by atoms with Crippen LogP contribution in [0, 0.1) is 12.9 Å². The summed E-state index contributed by atoms with van der Waals surface area (Å²) in [4.78, 5) is 3.43. The van der Waals surface area contributed by atoms with Crippen molar-refractivity contribution in [3.8, 4) is 0 Å². The fourth-order valence-corrected chi connectivity index (χ4v) is 0.717. The maximum absolute atomic E-state index is 12.5. The molecule has 0 atom stereocenters. The SMILES string of the molecule is Cc1cc(/C=N\O)cnc1F. The van der Waals surface area contributed by atoms with Crippen LogP contribution in [0.15, 0.2) is 17.4 Å². The predicted molar refractivity (Wildman–Crippen MR) is 38.3 cm³/mol. The Morgan fingerprint density at radius 1 is 1.73 bits per heavy atom. The standard InChI is InChI=1S/C7H7FN2O/c1-5-2-6(4-10-11)3-9-7(5)8/h2-4,11H,1H3/b10-4-. The van der Waals surface area contributed by atoms with Crippen LogP contribution in [0.3, 0.4) is 0 Å². The van der Waals surface area contributed by atoms with E-state index in [0.29, 0.717) is 11.1 Å². The van der Waals surface area contributed by atoms with Gasteiger partial charge in [-0.1, -0.05) is 5.16 Å². The van der Waals surface area contributed by atoms with Crippen LogP contribution in [-0.2, 0) is 0 Å². The van der Waals surface area contributed by atoms with E-state index in [-0.39, 0.29) is 0 Å². The number of halogens is 1. The van der Waals surface area contributed by atoms with Gasteiger partial charge in [-0.25, -0.2) is 4.98 Å². The Hall–Kier alpha value is -1.45. The van der Waals surface area contributed by atoms with Crippen molar-refractivity contribution in [1.29, 1.82) is 0 Å². The lowest BCUT2D eigenvalue weighted by Gasteiger charge is -1.94. The van der Waals surface area contributed by atoms with Gasteiger partial charge in [-0.05, 0) is 13.0 Å². The normalized spacial score (nSPS) is 10.7. The van der Waals surface area contributed by atoms with E-state index in [1.54, 1.807) is 13.0 Å². The summed E-state index contributed by atoms with van der Waals surface area (Å²) in [5.74, 6) is -0.500. The van der Waals surface area contributed by atoms with Crippen LogP contribution in [-0.4, -0.2) is 16.4 Å². The first kappa shape index (κ1) is 7.65. The van der Waals surface area contributed by atoms with Gasteiger partial charge < -0.3 is 5.21 Å². The van der Waals surface area contributed by atoms with E-state index < -0.39 is 5.95 Å². The first-order valence-corrected chi connectivity index (χ1v) is 3.03. The van der Waals surface area contributed by atoms with Crippen molar-refractivity contribution in [2.75, 3.05) is 0 Å². The molecule has 0 aliphatic rings. The molecule has 1 aromatic rings. The van der Waals surface area contributed by atoms with E-state index in [4.69, 9.17) is 5.21 Å². The Balaban J connectivity index is 3.05. The lowest BCUT2D eigenvalue weighted by molar-refractivity contribution is 0.322. The Morgan fingerprint density at radius 3 is 3.00 bits per heavy atom. The van der Waals surface area contributed by atoms with E-state index >= 15 is 0 Å². The lowest BCUT2D eigenvalue weighted by Crippen LogP contribution is -1.91. The van der Waals surface area contributed by atoms with Gasteiger partial charge >= 0.3 is 0 Å². The number of rotatable bonds is 1. The zero-order valence-electron chi connectivity index (χ0n) is 5.95. The van der Waals surface area contributed by atoms with Crippen molar-refractivity contribution in [3.05, 3.63) is 29.3 Å². The van der Waals surface area contributed by atoms with Gasteiger partial charge in [0.05, 0.1) is 6.21 Å². The molecule has 0 unspecified atom stereocenters. The van der Waals surface area contributed by atoms with Crippen molar-refractivity contribution >= 4 is 6.21 Å². The number of aryl methyl sites for hydroxylation is 1. The minimum absolute atomic E-state index is 0.433. The maximum atomic E-state index is 12.5. The minimum Gasteiger partial charge on any atom is -0.411 e. The second-order valence-electron chi connectivity index (χ2n) is 2.12. The summed E-state index contributed by atoms with van der Waals surface area (Å²) in [5, 5.41) is 10.9. The second kappa shape index (κ2) is 3.09. The third-order valence-corrected chi connectivity index (χ3v) is 1.24. The van der Waals surface area contributed by atoms with E-state index in [2.05, 4.69) is 10.1 Å². The summed E-state index contributed by atoms with van der Waals surface area (Å²) in [6.45, 7) is 1.59. The number of hydrogen-bond acceptors (Lipinski definition) is 3. The molecule has 0 amide bonds. The monoisotopic (exact) mass is 154 g/mol. The van der Waals surface area contributed by atoms with E-state index in [9.17, 15) is 4.39 Å². The van der Waals surface area contributed by atoms with E-state index in [1.807, 2.05) is 0 Å². The summed E-state index contributed by atoms with van der Waals surface area (Å²) < 4.78 is 12.5. The number of nitrogens with zero attached hydrogens (tertiary/aromatic N) is 2. The van der Waals surface area contributed by atoms with Gasteiger partial charge in [0.2, 0.25) is 5.95 Å². The van der Waals surface area contributed by atoms with Crippen LogP contribution in [0.25, 0.3) is 0 Å². The smallest absolute Gasteiger partial charge is 0.215 e. The lowest BCUT2D eigenvalue weighted by atomic mass is 10.2. The van der Waals surface area contributed by atoms with Gasteiger partial charge in [-0.15, -0.1) is 0 Å². The number of aromatic nitrogens is 1. The van der Waals surface area contributed by atoms with Gasteiger partial charge in [-0.2, -0.15) is 4.39 Å². The van der Waals surface area contributed by atoms with Gasteiger partial charge in [0, 0.05) is 17.3 Å². The molecule has 0 fully saturated rings. The molecule has 1 N–H and O–H groups in total. The Morgan fingerprint density at radius 2 is 2.45 bits per heavy atom. The molecular weight excluding hydrogens is 147 g/mol. The van der Waals surface area contributed by atoms with E-state index in [0.717, 1.165) is 0 Å². The number of oxime groups is 1. The fraction of sp³-hybridized carbons (Fsp3) is 0.143. The van der Waals surface area contributed by atoms with Crippen molar-refractivity contribution in [2.24, 2.45) is 5.16 Å². The van der Waals surface area contributed by atoms with Gasteiger partial charge in [0.1, 0.15) is 0 Å². The molecule has 3 nitrogen and oxygen atoms in total. The highest BCUT2D eigenvalue weighted by Gasteiger charge is 1.97. The zero-order chi connectivity index (χ0) is 8.27. The van der Waals surface area contributed by atoms with Crippen molar-refractivity contribution in [3.63, 3.8) is 0 Å². The zero-order valence-corrected chi connectivity index (χ0v) is 5.95. The van der Waals surface area contributed by atoms with Gasteiger partial charge in [0.25, 0.3) is 0 Å². The highest BCUT2D eigenvalue weighted by molar-refractivity contribution is 5.78. The fourth-order valence-electron chi connectivity index (χ4n) is 0.717. The molecule has 0 aromatic carbocycles. The topological polar surface area (TPSA) is 45.5 Å². The predicted octanol–water partition coefficient (Wildman–Crippen LogP) is 1.34. The molecular formula is C7H7FN2O. The molecule has 1 heterocycles. The molecule has 58 valence electrons. The largest absolute Gasteiger partial charge is 0.411 e. The van der Waals surface area contributed by atoms with Gasteiger partial charge in [0.15, 0.2) is 0 Å². The Bertz CT molecular complexity index is 286. The number of hydrogen-bond donors (Lipinski definition) is 1. The molecule has 0 aliphatic carbocycles. The first-order chi connectivity index (χ1) is 5.24. The average molecular weight is 154 g/mol. The van der Waals surface area contributed by atoms with Crippen LogP contribution in [0.1, 0.15) is 11.1 Å². The number of pyridine rings is 1. The Labute approximate surface area is 63.2 Å². The first-order valence-electron chi connectivity index (χ1n) is 3.03. The maximum Gasteiger partial charge on any atom is 0.215 e. The molecule has 11 heavy (non-hydrogen) atoms. The summed E-state index contributed by atoms with van der Waals surface area (Å²) >= 11 is 0. The molecule has 4 heteroatoms. The van der Waals surface area contributed by atoms with Crippen LogP contribution in [0.2, 0.25) is 0 Å². The van der Waals surface area contributed by atoms with Crippen molar-refractivity contribution in [2.45, 2.75) is 6.92 Å². The molecule has 0 saturated heterocycles. The van der Waals surface area contributed by atoms with Crippen LogP contribution in [0.5, 0.6) is 0 Å². The third kappa shape index (κ3) is 1.73. The van der Waals surface area contributed by atoms with E-state index in [1.165, 1.54) is 12.4 Å². The minimum atomic E-state index is -0.500. The molecule has 0 spiro atoms. The molecule has 0 aliphatic heterocycles. The van der Waals surface area contributed by atoms with Crippen LogP contribution >= 0.6 is 0 Å². The molecule has 0 radical (unpaired) electrons. The Kier molecular flexibility index (Phi) is 2.15. The molecule has 1 aromatic heterocycles. The second-order valence-corrected chi connectivity index (χ2v) is 2.12. The molecule has 0 saturated carbocycles. The molecule has 0 bridgehead atoms. The third-order valence-electron chi connectivity index (χ3n) is 1.24. The summed E-state index contributed by atoms with van der Waals surface area (Å²) in [6, 6.07) is 1.54. The van der Waals surface area contributed by atoms with Crippen LogP contribution in [0.4, 0.5) is 4.39 Å². The quantitative estimate of drug-likeness (QED) is 0.287. The summed E-state index contributed by atoms with van der Waals surface area (Å²) in [7, 11) is 0. The van der Waals surface area contributed by atoms with Crippen molar-refractivity contribution in [1.82, 2.24) is 4.98 Å². The average Bonchev–Trinajstić information content (AvgIpc) is 1.98.